The van der Waals surface area contributed by atoms with Crippen LogP contribution >= 0.6 is 43.5 Å². The summed E-state index contributed by atoms with van der Waals surface area (Å²) in [6.45, 7) is 3.27. The Bertz CT molecular complexity index is 759. The van der Waals surface area contributed by atoms with Crippen LogP contribution in [-0.4, -0.2) is 13.2 Å². The first-order valence-corrected chi connectivity index (χ1v) is 9.22. The molecule has 2 rings (SSSR count). The lowest BCUT2D eigenvalue weighted by Crippen LogP contribution is -2.04. The fourth-order valence-corrected chi connectivity index (χ4v) is 3.08. The predicted octanol–water partition coefficient (Wildman–Crippen LogP) is 5.89. The Labute approximate surface area is 163 Å². The molecule has 0 spiro atoms. The lowest BCUT2D eigenvalue weighted by molar-refractivity contribution is 0.297. The van der Waals surface area contributed by atoms with Gasteiger partial charge in [-0.3, -0.25) is 0 Å². The second-order valence-electron chi connectivity index (χ2n) is 4.81. The highest BCUT2D eigenvalue weighted by Gasteiger charge is 2.12. The lowest BCUT2D eigenvalue weighted by Gasteiger charge is -2.15. The maximum absolute atomic E-state index is 6.11. The Morgan fingerprint density at radius 3 is 2.62 bits per heavy atom. The van der Waals surface area contributed by atoms with Crippen molar-refractivity contribution in [1.29, 1.82) is 0 Å². The molecule has 6 heteroatoms. The predicted molar refractivity (Wildman–Crippen MR) is 106 cm³/mol. The van der Waals surface area contributed by atoms with Gasteiger partial charge in [-0.1, -0.05) is 17.5 Å². The summed E-state index contributed by atoms with van der Waals surface area (Å²) < 4.78 is 12.9. The summed E-state index contributed by atoms with van der Waals surface area (Å²) in [5, 5.41) is 3.99. The molecule has 0 heterocycles. The van der Waals surface area contributed by atoms with Gasteiger partial charge in [0.05, 0.1) is 16.1 Å². The molecular formula is C18H16Br2ClNO2. The Kier molecular flexibility index (Phi) is 7.29. The van der Waals surface area contributed by atoms with Gasteiger partial charge in [0.1, 0.15) is 6.61 Å². The maximum Gasteiger partial charge on any atom is 0.176 e. The van der Waals surface area contributed by atoms with Crippen molar-refractivity contribution in [3.63, 3.8) is 0 Å². The number of terminal acetylenes is 1. The van der Waals surface area contributed by atoms with E-state index in [-0.39, 0.29) is 6.61 Å². The molecule has 3 nitrogen and oxygen atoms in total. The quantitative estimate of drug-likeness (QED) is 0.509. The third-order valence-electron chi connectivity index (χ3n) is 3.09. The maximum atomic E-state index is 6.11. The number of ether oxygens (including phenoxy) is 2. The number of halogens is 3. The van der Waals surface area contributed by atoms with Crippen LogP contribution < -0.4 is 14.8 Å². The SMILES string of the molecule is C#CCOc1c(Br)cc(CNc2ccc(Br)c(Cl)c2)cc1OCC. The lowest BCUT2D eigenvalue weighted by atomic mass is 10.2. The van der Waals surface area contributed by atoms with Crippen LogP contribution in [0.2, 0.25) is 5.02 Å². The molecule has 0 amide bonds. The second kappa shape index (κ2) is 9.22. The molecule has 0 atom stereocenters. The van der Waals surface area contributed by atoms with Crippen LogP contribution in [0.3, 0.4) is 0 Å². The fourth-order valence-electron chi connectivity index (χ4n) is 2.05. The minimum Gasteiger partial charge on any atom is -0.490 e. The van der Waals surface area contributed by atoms with Crippen LogP contribution in [0.4, 0.5) is 5.69 Å². The van der Waals surface area contributed by atoms with Crippen molar-refractivity contribution in [2.24, 2.45) is 0 Å². The van der Waals surface area contributed by atoms with E-state index in [9.17, 15) is 0 Å². The third kappa shape index (κ3) is 5.07. The number of hydrogen-bond donors (Lipinski definition) is 1. The largest absolute Gasteiger partial charge is 0.490 e. The molecule has 0 aromatic heterocycles. The molecule has 0 saturated heterocycles. The minimum atomic E-state index is 0.188. The van der Waals surface area contributed by atoms with Gasteiger partial charge >= 0.3 is 0 Å². The van der Waals surface area contributed by atoms with Crippen LogP contribution in [-0.2, 0) is 6.54 Å². The topological polar surface area (TPSA) is 30.5 Å². The summed E-state index contributed by atoms with van der Waals surface area (Å²) >= 11 is 13.0. The average molecular weight is 474 g/mol. The van der Waals surface area contributed by atoms with Crippen LogP contribution in [0.5, 0.6) is 11.5 Å². The molecule has 0 aliphatic carbocycles. The molecule has 0 bridgehead atoms. The van der Waals surface area contributed by atoms with Crippen LogP contribution in [0.25, 0.3) is 0 Å². The summed E-state index contributed by atoms with van der Waals surface area (Å²) in [6, 6.07) is 9.64. The molecule has 126 valence electrons. The van der Waals surface area contributed by atoms with Crippen molar-refractivity contribution in [3.05, 3.63) is 49.9 Å². The van der Waals surface area contributed by atoms with E-state index >= 15 is 0 Å². The first-order chi connectivity index (χ1) is 11.5. The molecular weight excluding hydrogens is 457 g/mol. The molecule has 0 saturated carbocycles. The van der Waals surface area contributed by atoms with Gasteiger partial charge in [0, 0.05) is 16.7 Å². The summed E-state index contributed by atoms with van der Waals surface area (Å²) in [7, 11) is 0. The summed E-state index contributed by atoms with van der Waals surface area (Å²) in [6.07, 6.45) is 5.26. The summed E-state index contributed by atoms with van der Waals surface area (Å²) in [5.41, 5.74) is 1.97. The Morgan fingerprint density at radius 1 is 1.17 bits per heavy atom. The number of benzene rings is 2. The van der Waals surface area contributed by atoms with E-state index in [1.807, 2.05) is 37.3 Å². The normalized spacial score (nSPS) is 10.1. The van der Waals surface area contributed by atoms with Crippen LogP contribution in [0, 0.1) is 12.3 Å². The number of rotatable bonds is 7. The smallest absolute Gasteiger partial charge is 0.176 e. The first kappa shape index (κ1) is 19.0. The standard InChI is InChI=1S/C18H16Br2ClNO2/c1-3-7-24-18-15(20)8-12(9-17(18)23-4-2)11-22-13-5-6-14(19)16(21)10-13/h1,5-6,8-10,22H,4,7,11H2,2H3. The third-order valence-corrected chi connectivity index (χ3v) is 4.91. The van der Waals surface area contributed by atoms with Gasteiger partial charge in [0.2, 0.25) is 0 Å². The van der Waals surface area contributed by atoms with Crippen LogP contribution in [0.15, 0.2) is 39.3 Å². The summed E-state index contributed by atoms with van der Waals surface area (Å²) in [5.74, 6) is 3.73. The minimum absolute atomic E-state index is 0.188. The van der Waals surface area contributed by atoms with Crippen molar-refractivity contribution >= 4 is 49.1 Å². The highest BCUT2D eigenvalue weighted by atomic mass is 79.9. The van der Waals surface area contributed by atoms with Gasteiger partial charge in [0.15, 0.2) is 11.5 Å². The Hall–Kier alpha value is -1.35. The molecule has 2 aromatic rings. The van der Waals surface area contributed by atoms with E-state index in [1.165, 1.54) is 0 Å². The van der Waals surface area contributed by atoms with E-state index < -0.39 is 0 Å². The van der Waals surface area contributed by atoms with Gasteiger partial charge in [-0.2, -0.15) is 0 Å². The molecule has 0 aliphatic heterocycles. The van der Waals surface area contributed by atoms with Gasteiger partial charge in [-0.25, -0.2) is 0 Å². The zero-order chi connectivity index (χ0) is 17.5. The average Bonchev–Trinajstić information content (AvgIpc) is 2.55. The molecule has 1 N–H and O–H groups in total. The monoisotopic (exact) mass is 471 g/mol. The first-order valence-electron chi connectivity index (χ1n) is 7.25. The number of anilines is 1. The van der Waals surface area contributed by atoms with E-state index in [2.05, 4.69) is 43.1 Å². The van der Waals surface area contributed by atoms with Crippen molar-refractivity contribution in [2.75, 3.05) is 18.5 Å². The molecule has 2 aromatic carbocycles. The van der Waals surface area contributed by atoms with Crippen molar-refractivity contribution < 1.29 is 9.47 Å². The number of nitrogens with one attached hydrogen (secondary N) is 1. The van der Waals surface area contributed by atoms with Gasteiger partial charge < -0.3 is 14.8 Å². The molecule has 0 aliphatic rings. The molecule has 0 unspecified atom stereocenters. The number of hydrogen-bond acceptors (Lipinski definition) is 3. The highest BCUT2D eigenvalue weighted by molar-refractivity contribution is 9.10. The van der Waals surface area contributed by atoms with E-state index in [1.54, 1.807) is 0 Å². The van der Waals surface area contributed by atoms with Crippen molar-refractivity contribution in [2.45, 2.75) is 13.5 Å². The van der Waals surface area contributed by atoms with E-state index in [0.717, 1.165) is 20.2 Å². The zero-order valence-electron chi connectivity index (χ0n) is 13.0. The molecule has 24 heavy (non-hydrogen) atoms. The van der Waals surface area contributed by atoms with E-state index in [4.69, 9.17) is 27.5 Å². The van der Waals surface area contributed by atoms with Crippen molar-refractivity contribution in [1.82, 2.24) is 0 Å². The second-order valence-corrected chi connectivity index (χ2v) is 6.93. The molecule has 0 radical (unpaired) electrons. The van der Waals surface area contributed by atoms with Crippen molar-refractivity contribution in [3.8, 4) is 23.8 Å². The van der Waals surface area contributed by atoms with Gasteiger partial charge in [-0.15, -0.1) is 6.42 Å². The zero-order valence-corrected chi connectivity index (χ0v) is 17.0. The van der Waals surface area contributed by atoms with Gasteiger partial charge in [0.25, 0.3) is 0 Å². The highest BCUT2D eigenvalue weighted by Crippen LogP contribution is 2.37. The van der Waals surface area contributed by atoms with Crippen LogP contribution in [0.1, 0.15) is 12.5 Å². The Morgan fingerprint density at radius 2 is 1.96 bits per heavy atom. The van der Waals surface area contributed by atoms with Gasteiger partial charge in [-0.05, 0) is 74.7 Å². The Balaban J connectivity index is 2.17. The van der Waals surface area contributed by atoms with E-state index in [0.29, 0.717) is 29.7 Å². The molecule has 0 fully saturated rings. The fraction of sp³-hybridized carbons (Fsp3) is 0.222. The summed E-state index contributed by atoms with van der Waals surface area (Å²) in [4.78, 5) is 0.